The van der Waals surface area contributed by atoms with Gasteiger partial charge in [-0.25, -0.2) is 4.39 Å². The predicted octanol–water partition coefficient (Wildman–Crippen LogP) is 1.28. The minimum absolute atomic E-state index is 0.366. The molecule has 0 fully saturated rings. The number of hydrogen-bond donors (Lipinski definition) is 2. The van der Waals surface area contributed by atoms with Crippen LogP contribution in [0.5, 0.6) is 0 Å². The number of nitrogens with two attached hydrogens (primary N) is 1. The van der Waals surface area contributed by atoms with Crippen LogP contribution in [0.2, 0.25) is 0 Å². The van der Waals surface area contributed by atoms with Crippen molar-refractivity contribution >= 4 is 5.91 Å². The third-order valence-electron chi connectivity index (χ3n) is 3.14. The molecule has 1 amide bonds. The van der Waals surface area contributed by atoms with E-state index in [1.807, 2.05) is 0 Å². The van der Waals surface area contributed by atoms with Crippen LogP contribution < -0.4 is 11.1 Å². The fourth-order valence-corrected chi connectivity index (χ4v) is 1.98. The first-order chi connectivity index (χ1) is 9.08. The highest BCUT2D eigenvalue weighted by atomic mass is 19.1. The number of nitrogens with zero attached hydrogens (tertiary/aromatic N) is 1. The first kappa shape index (κ1) is 15.6. The topological polar surface area (TPSA) is 58.4 Å². The molecule has 1 unspecified atom stereocenters. The Kier molecular flexibility index (Phi) is 6.45. The van der Waals surface area contributed by atoms with Crippen LogP contribution in [-0.4, -0.2) is 37.0 Å². The average molecular weight is 267 g/mol. The highest BCUT2D eigenvalue weighted by Crippen LogP contribution is 2.13. The van der Waals surface area contributed by atoms with Gasteiger partial charge in [-0.1, -0.05) is 26.0 Å². The number of hydrogen-bond acceptors (Lipinski definition) is 3. The maximum absolute atomic E-state index is 13.2. The van der Waals surface area contributed by atoms with Crippen LogP contribution in [0.4, 0.5) is 4.39 Å². The van der Waals surface area contributed by atoms with Crippen molar-refractivity contribution in [1.29, 1.82) is 0 Å². The molecule has 0 radical (unpaired) electrons. The standard InChI is InChI=1S/C14H22FN3O/c1-3-18(4-2)9-8-17-13(14(16)19)11-6-5-7-12(15)10-11/h5-7,10,13,17H,3-4,8-9H2,1-2H3,(H2,16,19). The Morgan fingerprint density at radius 3 is 2.63 bits per heavy atom. The Morgan fingerprint density at radius 1 is 1.42 bits per heavy atom. The molecule has 1 aromatic carbocycles. The Bertz CT molecular complexity index is 407. The summed E-state index contributed by atoms with van der Waals surface area (Å²) in [6.07, 6.45) is 0. The van der Waals surface area contributed by atoms with Gasteiger partial charge in [0.05, 0.1) is 0 Å². The van der Waals surface area contributed by atoms with E-state index in [9.17, 15) is 9.18 Å². The zero-order valence-electron chi connectivity index (χ0n) is 11.5. The number of likely N-dealkylation sites (N-methyl/N-ethyl adjacent to an activating group) is 1. The van der Waals surface area contributed by atoms with Gasteiger partial charge in [0.1, 0.15) is 11.9 Å². The molecule has 0 aliphatic rings. The maximum Gasteiger partial charge on any atom is 0.239 e. The lowest BCUT2D eigenvalue weighted by molar-refractivity contribution is -0.120. The minimum Gasteiger partial charge on any atom is -0.368 e. The van der Waals surface area contributed by atoms with E-state index in [1.54, 1.807) is 12.1 Å². The van der Waals surface area contributed by atoms with Crippen LogP contribution in [0.15, 0.2) is 24.3 Å². The van der Waals surface area contributed by atoms with Crippen molar-refractivity contribution in [3.63, 3.8) is 0 Å². The quantitative estimate of drug-likeness (QED) is 0.746. The molecule has 0 spiro atoms. The molecule has 0 heterocycles. The fraction of sp³-hybridized carbons (Fsp3) is 0.500. The molecule has 106 valence electrons. The third-order valence-corrected chi connectivity index (χ3v) is 3.14. The van der Waals surface area contributed by atoms with Crippen molar-refractivity contribution in [3.05, 3.63) is 35.6 Å². The van der Waals surface area contributed by atoms with Crippen molar-refractivity contribution in [1.82, 2.24) is 10.2 Å². The molecule has 1 atom stereocenters. The van der Waals surface area contributed by atoms with Crippen molar-refractivity contribution < 1.29 is 9.18 Å². The van der Waals surface area contributed by atoms with Gasteiger partial charge in [-0.15, -0.1) is 0 Å². The first-order valence-electron chi connectivity index (χ1n) is 6.59. The van der Waals surface area contributed by atoms with Crippen molar-refractivity contribution in [2.75, 3.05) is 26.2 Å². The summed E-state index contributed by atoms with van der Waals surface area (Å²) in [5.74, 6) is -0.862. The zero-order chi connectivity index (χ0) is 14.3. The molecule has 0 aliphatic heterocycles. The molecule has 0 aliphatic carbocycles. The number of primary amides is 1. The first-order valence-corrected chi connectivity index (χ1v) is 6.59. The lowest BCUT2D eigenvalue weighted by Crippen LogP contribution is -2.38. The third kappa shape index (κ3) is 4.96. The molecule has 0 bridgehead atoms. The van der Waals surface area contributed by atoms with Gasteiger partial charge in [0, 0.05) is 13.1 Å². The van der Waals surface area contributed by atoms with Gasteiger partial charge in [-0.05, 0) is 30.8 Å². The normalized spacial score (nSPS) is 12.6. The molecule has 1 rings (SSSR count). The molecule has 1 aromatic rings. The number of halogens is 1. The van der Waals surface area contributed by atoms with Crippen LogP contribution in [0.1, 0.15) is 25.5 Å². The van der Waals surface area contributed by atoms with Gasteiger partial charge in [-0.2, -0.15) is 0 Å². The molecule has 5 heteroatoms. The largest absolute Gasteiger partial charge is 0.368 e. The van der Waals surface area contributed by atoms with Gasteiger partial charge in [0.2, 0.25) is 5.91 Å². The van der Waals surface area contributed by atoms with Crippen LogP contribution in [0, 0.1) is 5.82 Å². The van der Waals surface area contributed by atoms with Crippen molar-refractivity contribution in [2.45, 2.75) is 19.9 Å². The lowest BCUT2D eigenvalue weighted by Gasteiger charge is -2.21. The van der Waals surface area contributed by atoms with E-state index < -0.39 is 11.9 Å². The summed E-state index contributed by atoms with van der Waals surface area (Å²) in [6, 6.07) is 5.30. The second-order valence-corrected chi connectivity index (χ2v) is 4.37. The summed E-state index contributed by atoms with van der Waals surface area (Å²) in [6.45, 7) is 7.54. The van der Waals surface area contributed by atoms with Gasteiger partial charge in [0.15, 0.2) is 0 Å². The van der Waals surface area contributed by atoms with Gasteiger partial charge in [0.25, 0.3) is 0 Å². The molecular formula is C14H22FN3O. The van der Waals surface area contributed by atoms with Crippen LogP contribution in [0.3, 0.4) is 0 Å². The SMILES string of the molecule is CCN(CC)CCNC(C(N)=O)c1cccc(F)c1. The van der Waals surface area contributed by atoms with E-state index in [1.165, 1.54) is 12.1 Å². The van der Waals surface area contributed by atoms with E-state index in [-0.39, 0.29) is 5.82 Å². The summed E-state index contributed by atoms with van der Waals surface area (Å²) in [5, 5.41) is 3.08. The van der Waals surface area contributed by atoms with E-state index in [4.69, 9.17) is 5.73 Å². The van der Waals surface area contributed by atoms with E-state index in [0.29, 0.717) is 12.1 Å². The number of nitrogens with one attached hydrogen (secondary N) is 1. The van der Waals surface area contributed by atoms with Gasteiger partial charge < -0.3 is 16.0 Å². The van der Waals surface area contributed by atoms with Crippen molar-refractivity contribution in [3.8, 4) is 0 Å². The molecular weight excluding hydrogens is 245 g/mol. The predicted molar refractivity (Wildman–Crippen MR) is 74.1 cm³/mol. The van der Waals surface area contributed by atoms with Gasteiger partial charge >= 0.3 is 0 Å². The lowest BCUT2D eigenvalue weighted by atomic mass is 10.1. The number of carbonyl (C=O) groups is 1. The number of benzene rings is 1. The van der Waals surface area contributed by atoms with Crippen molar-refractivity contribution in [2.24, 2.45) is 5.73 Å². The zero-order valence-corrected chi connectivity index (χ0v) is 11.5. The van der Waals surface area contributed by atoms with E-state index in [2.05, 4.69) is 24.1 Å². The molecule has 3 N–H and O–H groups in total. The fourth-order valence-electron chi connectivity index (χ4n) is 1.98. The number of rotatable bonds is 8. The highest BCUT2D eigenvalue weighted by Gasteiger charge is 2.17. The Balaban J connectivity index is 2.62. The summed E-state index contributed by atoms with van der Waals surface area (Å²) in [4.78, 5) is 13.7. The van der Waals surface area contributed by atoms with Crippen LogP contribution in [0.25, 0.3) is 0 Å². The monoisotopic (exact) mass is 267 g/mol. The number of carbonyl (C=O) groups excluding carboxylic acids is 1. The summed E-state index contributed by atoms with van der Waals surface area (Å²) < 4.78 is 13.2. The van der Waals surface area contributed by atoms with Gasteiger partial charge in [-0.3, -0.25) is 4.79 Å². The molecule has 0 saturated heterocycles. The van der Waals surface area contributed by atoms with Crippen LogP contribution >= 0.6 is 0 Å². The Hall–Kier alpha value is -1.46. The molecule has 0 saturated carbocycles. The second kappa shape index (κ2) is 7.86. The highest BCUT2D eigenvalue weighted by molar-refractivity contribution is 5.81. The Labute approximate surface area is 113 Å². The van der Waals surface area contributed by atoms with Crippen LogP contribution in [-0.2, 0) is 4.79 Å². The smallest absolute Gasteiger partial charge is 0.239 e. The Morgan fingerprint density at radius 2 is 2.11 bits per heavy atom. The molecule has 0 aromatic heterocycles. The molecule has 4 nitrogen and oxygen atoms in total. The average Bonchev–Trinajstić information content (AvgIpc) is 2.38. The summed E-state index contributed by atoms with van der Waals surface area (Å²) >= 11 is 0. The van der Waals surface area contributed by atoms with E-state index >= 15 is 0 Å². The summed E-state index contributed by atoms with van der Waals surface area (Å²) in [5.41, 5.74) is 5.93. The number of amides is 1. The minimum atomic E-state index is -0.647. The van der Waals surface area contributed by atoms with E-state index in [0.717, 1.165) is 19.6 Å². The maximum atomic E-state index is 13.2. The molecule has 19 heavy (non-hydrogen) atoms. The second-order valence-electron chi connectivity index (χ2n) is 4.37. The summed E-state index contributed by atoms with van der Waals surface area (Å²) in [7, 11) is 0.